The normalized spacial score (nSPS) is 23.8. The van der Waals surface area contributed by atoms with E-state index in [9.17, 15) is 4.79 Å². The molecule has 2 fully saturated rings. The number of hydrogen-bond acceptors (Lipinski definition) is 4. The number of nitrogens with zero attached hydrogens (tertiary/aromatic N) is 3. The van der Waals surface area contributed by atoms with Crippen molar-refractivity contribution in [2.24, 2.45) is 11.3 Å². The Morgan fingerprint density at radius 1 is 1.43 bits per heavy atom. The van der Waals surface area contributed by atoms with Gasteiger partial charge in [-0.1, -0.05) is 31.8 Å². The Balaban J connectivity index is 1.60. The van der Waals surface area contributed by atoms with Crippen LogP contribution in [0, 0.1) is 18.3 Å². The lowest BCUT2D eigenvalue weighted by Gasteiger charge is -2.58. The molecule has 1 spiro atoms. The van der Waals surface area contributed by atoms with Crippen molar-refractivity contribution in [3.8, 4) is 0 Å². The zero-order valence-corrected chi connectivity index (χ0v) is 13.3. The quantitative estimate of drug-likeness (QED) is 0.856. The third kappa shape index (κ3) is 2.58. The van der Waals surface area contributed by atoms with Gasteiger partial charge in [0, 0.05) is 30.8 Å². The molecule has 1 saturated carbocycles. The van der Waals surface area contributed by atoms with Crippen molar-refractivity contribution in [3.63, 3.8) is 0 Å². The van der Waals surface area contributed by atoms with E-state index in [0.717, 1.165) is 6.54 Å². The monoisotopic (exact) mass is 291 g/mol. The highest BCUT2D eigenvalue weighted by Gasteiger charge is 2.55. The van der Waals surface area contributed by atoms with E-state index in [2.05, 4.69) is 28.9 Å². The van der Waals surface area contributed by atoms with Crippen molar-refractivity contribution in [2.45, 2.75) is 65.3 Å². The summed E-state index contributed by atoms with van der Waals surface area (Å²) in [6.07, 6.45) is 6.26. The van der Waals surface area contributed by atoms with Crippen molar-refractivity contribution in [1.29, 1.82) is 0 Å². The molecule has 21 heavy (non-hydrogen) atoms. The molecule has 0 aromatic carbocycles. The van der Waals surface area contributed by atoms with E-state index in [1.54, 1.807) is 6.92 Å². The zero-order chi connectivity index (χ0) is 15.0. The molecule has 5 nitrogen and oxygen atoms in total. The highest BCUT2D eigenvalue weighted by molar-refractivity contribution is 5.78. The van der Waals surface area contributed by atoms with Crippen molar-refractivity contribution < 1.29 is 9.32 Å². The minimum Gasteiger partial charge on any atom is -0.339 e. The van der Waals surface area contributed by atoms with Crippen molar-refractivity contribution >= 4 is 5.91 Å². The van der Waals surface area contributed by atoms with E-state index >= 15 is 0 Å². The fourth-order valence-electron chi connectivity index (χ4n) is 4.39. The molecule has 1 amide bonds. The van der Waals surface area contributed by atoms with Gasteiger partial charge in [-0.15, -0.1) is 0 Å². The number of rotatable bonds is 4. The fourth-order valence-corrected chi connectivity index (χ4v) is 4.39. The van der Waals surface area contributed by atoms with Crippen LogP contribution < -0.4 is 0 Å². The molecule has 3 rings (SSSR count). The number of aromatic nitrogens is 2. The minimum absolute atomic E-state index is 0.238. The molecule has 1 saturated heterocycles. The Kier molecular flexibility index (Phi) is 3.76. The first-order valence-corrected chi connectivity index (χ1v) is 8.10. The van der Waals surface area contributed by atoms with Gasteiger partial charge >= 0.3 is 0 Å². The van der Waals surface area contributed by atoms with Crippen LogP contribution >= 0.6 is 0 Å². The summed E-state index contributed by atoms with van der Waals surface area (Å²) in [5.41, 5.74) is 0.422. The standard InChI is InChI=1S/C16H25N3O2/c1-11(2)15-16(8-4-5-9-16)10-19(15)14(20)7-6-13-17-12(3)18-21-13/h11,15H,4-10H2,1-3H3. The summed E-state index contributed by atoms with van der Waals surface area (Å²) < 4.78 is 5.08. The van der Waals surface area contributed by atoms with Crippen LogP contribution in [0.1, 0.15) is 57.7 Å². The summed E-state index contributed by atoms with van der Waals surface area (Å²) in [7, 11) is 0. The lowest BCUT2D eigenvalue weighted by molar-refractivity contribution is -0.159. The van der Waals surface area contributed by atoms with Gasteiger partial charge in [-0.05, 0) is 25.7 Å². The average Bonchev–Trinajstić information content (AvgIpc) is 3.02. The predicted octanol–water partition coefficient (Wildman–Crippen LogP) is 2.74. The second kappa shape index (κ2) is 5.43. The van der Waals surface area contributed by atoms with E-state index in [4.69, 9.17) is 4.52 Å². The molecule has 2 aliphatic rings. The molecule has 116 valence electrons. The molecule has 2 heterocycles. The van der Waals surface area contributed by atoms with Gasteiger partial charge in [0.25, 0.3) is 0 Å². The Morgan fingerprint density at radius 2 is 2.14 bits per heavy atom. The third-order valence-electron chi connectivity index (χ3n) is 5.12. The Hall–Kier alpha value is -1.39. The minimum atomic E-state index is 0.238. The second-order valence-electron chi connectivity index (χ2n) is 7.02. The molecule has 1 atom stereocenters. The van der Waals surface area contributed by atoms with E-state index in [1.807, 2.05) is 0 Å². The van der Waals surface area contributed by atoms with Crippen molar-refractivity contribution in [2.75, 3.05) is 6.54 Å². The first-order valence-electron chi connectivity index (χ1n) is 8.10. The predicted molar refractivity (Wildman–Crippen MR) is 78.6 cm³/mol. The number of aryl methyl sites for hydroxylation is 2. The summed E-state index contributed by atoms with van der Waals surface area (Å²) in [5, 5.41) is 3.76. The van der Waals surface area contributed by atoms with Crippen molar-refractivity contribution in [3.05, 3.63) is 11.7 Å². The first-order chi connectivity index (χ1) is 10.0. The van der Waals surface area contributed by atoms with Gasteiger partial charge in [-0.2, -0.15) is 4.98 Å². The molecular formula is C16H25N3O2. The van der Waals surface area contributed by atoms with Gasteiger partial charge in [-0.3, -0.25) is 4.79 Å². The van der Waals surface area contributed by atoms with Crippen LogP contribution in [0.5, 0.6) is 0 Å². The molecule has 1 aliphatic heterocycles. The van der Waals surface area contributed by atoms with E-state index in [1.165, 1.54) is 25.7 Å². The fraction of sp³-hybridized carbons (Fsp3) is 0.812. The van der Waals surface area contributed by atoms with Crippen LogP contribution in [0.15, 0.2) is 4.52 Å². The largest absolute Gasteiger partial charge is 0.339 e. The molecule has 1 aromatic rings. The topological polar surface area (TPSA) is 59.2 Å². The van der Waals surface area contributed by atoms with Gasteiger partial charge < -0.3 is 9.42 Å². The molecule has 0 bridgehead atoms. The van der Waals surface area contributed by atoms with Crippen LogP contribution in [0.2, 0.25) is 0 Å². The second-order valence-corrected chi connectivity index (χ2v) is 7.02. The summed E-state index contributed by atoms with van der Waals surface area (Å²) >= 11 is 0. The van der Waals surface area contributed by atoms with Gasteiger partial charge in [-0.25, -0.2) is 0 Å². The van der Waals surface area contributed by atoms with Gasteiger partial charge in [0.1, 0.15) is 0 Å². The highest BCUT2D eigenvalue weighted by atomic mass is 16.5. The SMILES string of the molecule is Cc1noc(CCC(=O)N2CC3(CCCC3)C2C(C)C)n1. The Morgan fingerprint density at radius 3 is 2.71 bits per heavy atom. The van der Waals surface area contributed by atoms with Crippen molar-refractivity contribution in [1.82, 2.24) is 15.0 Å². The summed E-state index contributed by atoms with van der Waals surface area (Å²) in [4.78, 5) is 18.8. The van der Waals surface area contributed by atoms with Crippen LogP contribution in [0.4, 0.5) is 0 Å². The average molecular weight is 291 g/mol. The smallest absolute Gasteiger partial charge is 0.227 e. The maximum absolute atomic E-state index is 12.5. The number of carbonyl (C=O) groups excluding carboxylic acids is 1. The summed E-state index contributed by atoms with van der Waals surface area (Å²) in [5.74, 6) is 1.97. The van der Waals surface area contributed by atoms with Crippen LogP contribution in [0.25, 0.3) is 0 Å². The Bertz CT molecular complexity index is 517. The number of carbonyl (C=O) groups is 1. The van der Waals surface area contributed by atoms with Crippen LogP contribution in [-0.2, 0) is 11.2 Å². The number of amides is 1. The molecule has 0 N–H and O–H groups in total. The molecule has 1 aromatic heterocycles. The number of hydrogen-bond donors (Lipinski definition) is 0. The summed E-state index contributed by atoms with van der Waals surface area (Å²) in [6.45, 7) is 7.23. The van der Waals surface area contributed by atoms with E-state index in [0.29, 0.717) is 41.9 Å². The highest BCUT2D eigenvalue weighted by Crippen LogP contribution is 2.53. The molecule has 0 radical (unpaired) electrons. The Labute approximate surface area is 126 Å². The van der Waals surface area contributed by atoms with Gasteiger partial charge in [0.05, 0.1) is 0 Å². The maximum atomic E-state index is 12.5. The third-order valence-corrected chi connectivity index (χ3v) is 5.12. The maximum Gasteiger partial charge on any atom is 0.227 e. The van der Waals surface area contributed by atoms with Gasteiger partial charge in [0.15, 0.2) is 5.82 Å². The van der Waals surface area contributed by atoms with Gasteiger partial charge in [0.2, 0.25) is 11.8 Å². The van der Waals surface area contributed by atoms with Crippen LogP contribution in [-0.4, -0.2) is 33.5 Å². The van der Waals surface area contributed by atoms with Crippen LogP contribution in [0.3, 0.4) is 0 Å². The molecule has 1 aliphatic carbocycles. The molecule has 5 heteroatoms. The van der Waals surface area contributed by atoms with E-state index < -0.39 is 0 Å². The lowest BCUT2D eigenvalue weighted by atomic mass is 9.66. The zero-order valence-electron chi connectivity index (χ0n) is 13.3. The lowest BCUT2D eigenvalue weighted by Crippen LogP contribution is -2.67. The number of likely N-dealkylation sites (tertiary alicyclic amines) is 1. The molecule has 1 unspecified atom stereocenters. The first kappa shape index (κ1) is 14.5. The van der Waals surface area contributed by atoms with E-state index in [-0.39, 0.29) is 5.91 Å². The summed E-state index contributed by atoms with van der Waals surface area (Å²) in [6, 6.07) is 0.428. The molecular weight excluding hydrogens is 266 g/mol.